The highest BCUT2D eigenvalue weighted by Gasteiger charge is 2.27. The summed E-state index contributed by atoms with van der Waals surface area (Å²) >= 11 is 2.13. The molecule has 0 N–H and O–H groups in total. The van der Waals surface area contributed by atoms with E-state index in [0.717, 1.165) is 0 Å². The van der Waals surface area contributed by atoms with Gasteiger partial charge in [0.1, 0.15) is 19.0 Å². The molecule has 1 aliphatic rings. The molecule has 0 fully saturated rings. The Morgan fingerprint density at radius 1 is 1.05 bits per heavy atom. The molecule has 0 radical (unpaired) electrons. The van der Waals surface area contributed by atoms with E-state index in [2.05, 4.69) is 42.0 Å². The third-order valence-electron chi connectivity index (χ3n) is 3.89. The van der Waals surface area contributed by atoms with E-state index in [4.69, 9.17) is 0 Å². The minimum atomic E-state index is 1.18. The Morgan fingerprint density at radius 3 is 2.53 bits per heavy atom. The molecule has 0 saturated heterocycles. The van der Waals surface area contributed by atoms with Gasteiger partial charge in [-0.3, -0.25) is 9.48 Å². The largest absolute Gasteiger partial charge is 0.262 e. The van der Waals surface area contributed by atoms with Crippen molar-refractivity contribution in [2.24, 2.45) is 0 Å². The van der Waals surface area contributed by atoms with Crippen molar-refractivity contribution < 1.29 is 4.58 Å². The van der Waals surface area contributed by atoms with Crippen LogP contribution in [0.25, 0.3) is 0 Å². The van der Waals surface area contributed by atoms with Crippen LogP contribution >= 0.6 is 11.8 Å². The molecular weight excluding hydrogens is 252 g/mol. The first-order valence-corrected chi connectivity index (χ1v) is 9.42. The molecule has 0 atom stereocenters. The zero-order valence-corrected chi connectivity index (χ0v) is 14.1. The fourth-order valence-corrected chi connectivity index (χ4v) is 3.67. The Morgan fingerprint density at radius 2 is 1.84 bits per heavy atom. The molecule has 1 aliphatic heterocycles. The number of hydrogen-bond acceptors (Lipinski definition) is 2. The van der Waals surface area contributed by atoms with Crippen molar-refractivity contribution in [3.8, 4) is 0 Å². The molecule has 0 aromatic heterocycles. The molecule has 0 aromatic rings. The Hall–Kier alpha value is -0.180. The monoisotopic (exact) mass is 285 g/mol. The highest BCUT2D eigenvalue weighted by Crippen LogP contribution is 2.13. The number of hydrogen-bond donors (Lipinski definition) is 0. The molecule has 19 heavy (non-hydrogen) atoms. The summed E-state index contributed by atoms with van der Waals surface area (Å²) < 4.78 is 2.63. The average molecular weight is 286 g/mol. The Labute approximate surface area is 124 Å². The van der Waals surface area contributed by atoms with Gasteiger partial charge in [-0.1, -0.05) is 39.5 Å². The SMILES string of the molecule is CCCCCCSC[N+]1=C(CCCC)N(CC)CC1. The third kappa shape index (κ3) is 6.20. The second-order valence-electron chi connectivity index (χ2n) is 5.46. The maximum absolute atomic E-state index is 2.63. The molecule has 0 saturated carbocycles. The normalized spacial score (nSPS) is 15.6. The minimum absolute atomic E-state index is 1.18. The number of rotatable bonds is 11. The first-order chi connectivity index (χ1) is 9.33. The van der Waals surface area contributed by atoms with Crippen molar-refractivity contribution in [1.29, 1.82) is 0 Å². The molecule has 0 amide bonds. The predicted octanol–water partition coefficient (Wildman–Crippen LogP) is 4.19. The van der Waals surface area contributed by atoms with Crippen molar-refractivity contribution in [1.82, 2.24) is 4.90 Å². The molecule has 0 aliphatic carbocycles. The van der Waals surface area contributed by atoms with Crippen LogP contribution in [-0.4, -0.2) is 46.6 Å². The van der Waals surface area contributed by atoms with Crippen LogP contribution < -0.4 is 0 Å². The van der Waals surface area contributed by atoms with Gasteiger partial charge in [-0.15, -0.1) is 11.8 Å². The van der Waals surface area contributed by atoms with Crippen LogP contribution in [0, 0.1) is 0 Å². The van der Waals surface area contributed by atoms with Crippen LogP contribution in [0.15, 0.2) is 0 Å². The van der Waals surface area contributed by atoms with Gasteiger partial charge >= 0.3 is 0 Å². The van der Waals surface area contributed by atoms with Crippen LogP contribution in [0.2, 0.25) is 0 Å². The predicted molar refractivity (Wildman–Crippen MR) is 88.4 cm³/mol. The molecule has 0 aromatic carbocycles. The zero-order chi connectivity index (χ0) is 13.9. The van der Waals surface area contributed by atoms with Crippen LogP contribution in [0.4, 0.5) is 0 Å². The van der Waals surface area contributed by atoms with Crippen molar-refractivity contribution in [2.45, 2.75) is 65.7 Å². The molecule has 112 valence electrons. The highest BCUT2D eigenvalue weighted by molar-refractivity contribution is 7.99. The summed E-state index contributed by atoms with van der Waals surface area (Å²) in [4.78, 5) is 2.58. The van der Waals surface area contributed by atoms with Gasteiger partial charge < -0.3 is 0 Å². The smallest absolute Gasteiger partial charge is 0.247 e. The van der Waals surface area contributed by atoms with E-state index in [1.165, 1.54) is 76.2 Å². The van der Waals surface area contributed by atoms with Crippen molar-refractivity contribution >= 4 is 17.6 Å². The quantitative estimate of drug-likeness (QED) is 0.415. The lowest BCUT2D eigenvalue weighted by molar-refractivity contribution is -0.498. The summed E-state index contributed by atoms with van der Waals surface area (Å²) in [6, 6.07) is 0. The fourth-order valence-electron chi connectivity index (χ4n) is 2.64. The second-order valence-corrected chi connectivity index (χ2v) is 6.54. The Kier molecular flexibility index (Phi) is 9.40. The maximum Gasteiger partial charge on any atom is 0.247 e. The second kappa shape index (κ2) is 10.6. The van der Waals surface area contributed by atoms with Crippen molar-refractivity contribution in [3.63, 3.8) is 0 Å². The molecule has 2 nitrogen and oxygen atoms in total. The van der Waals surface area contributed by atoms with Gasteiger partial charge in [0.25, 0.3) is 0 Å². The summed E-state index contributed by atoms with van der Waals surface area (Å²) in [6.07, 6.45) is 9.48. The van der Waals surface area contributed by atoms with E-state index in [9.17, 15) is 0 Å². The van der Waals surface area contributed by atoms with Gasteiger partial charge in [0, 0.05) is 6.42 Å². The topological polar surface area (TPSA) is 6.25 Å². The average Bonchev–Trinajstić information content (AvgIpc) is 2.82. The van der Waals surface area contributed by atoms with E-state index < -0.39 is 0 Å². The van der Waals surface area contributed by atoms with E-state index in [0.29, 0.717) is 0 Å². The molecule has 0 spiro atoms. The molecule has 1 heterocycles. The van der Waals surface area contributed by atoms with Crippen LogP contribution in [-0.2, 0) is 0 Å². The van der Waals surface area contributed by atoms with Gasteiger partial charge in [-0.05, 0) is 25.5 Å². The van der Waals surface area contributed by atoms with Gasteiger partial charge in [0.05, 0.1) is 6.54 Å². The first-order valence-electron chi connectivity index (χ1n) is 8.26. The Balaban J connectivity index is 2.30. The highest BCUT2D eigenvalue weighted by atomic mass is 32.2. The van der Waals surface area contributed by atoms with E-state index in [-0.39, 0.29) is 0 Å². The Bertz CT molecular complexity index is 263. The number of likely N-dealkylation sites (N-methyl/N-ethyl adjacent to an activating group) is 1. The van der Waals surface area contributed by atoms with Crippen LogP contribution in [0.5, 0.6) is 0 Å². The summed E-state index contributed by atoms with van der Waals surface area (Å²) in [5.74, 6) is 4.16. The lowest BCUT2D eigenvalue weighted by Crippen LogP contribution is -2.29. The standard InChI is InChI=1S/C16H33N2S/c1-4-7-9-10-14-19-15-18-13-12-17(6-3)16(18)11-8-5-2/h4-15H2,1-3H3/q+1. The zero-order valence-electron chi connectivity index (χ0n) is 13.3. The maximum atomic E-state index is 2.63. The van der Waals surface area contributed by atoms with E-state index >= 15 is 0 Å². The van der Waals surface area contributed by atoms with Gasteiger partial charge in [0.15, 0.2) is 0 Å². The first kappa shape index (κ1) is 16.9. The van der Waals surface area contributed by atoms with Crippen LogP contribution in [0.3, 0.4) is 0 Å². The number of nitrogens with zero attached hydrogens (tertiary/aromatic N) is 2. The number of amidine groups is 1. The number of unbranched alkanes of at least 4 members (excludes halogenated alkanes) is 4. The lowest BCUT2D eigenvalue weighted by Gasteiger charge is -2.11. The minimum Gasteiger partial charge on any atom is -0.262 e. The lowest BCUT2D eigenvalue weighted by atomic mass is 10.2. The summed E-state index contributed by atoms with van der Waals surface area (Å²) in [6.45, 7) is 10.5. The molecular formula is C16H33N2S+. The van der Waals surface area contributed by atoms with Crippen LogP contribution in [0.1, 0.15) is 65.7 Å². The molecule has 1 rings (SSSR count). The van der Waals surface area contributed by atoms with Gasteiger partial charge in [-0.25, -0.2) is 0 Å². The fraction of sp³-hybridized carbons (Fsp3) is 0.938. The summed E-state index contributed by atoms with van der Waals surface area (Å²) in [5, 5.41) is 0. The molecule has 3 heteroatoms. The summed E-state index contributed by atoms with van der Waals surface area (Å²) in [5.41, 5.74) is 0. The van der Waals surface area contributed by atoms with E-state index in [1.807, 2.05) is 0 Å². The molecule has 0 bridgehead atoms. The number of thioether (sulfide) groups is 1. The van der Waals surface area contributed by atoms with Crippen molar-refractivity contribution in [2.75, 3.05) is 31.3 Å². The third-order valence-corrected chi connectivity index (χ3v) is 4.97. The molecule has 0 unspecified atom stereocenters. The van der Waals surface area contributed by atoms with Gasteiger partial charge in [-0.2, -0.15) is 0 Å². The summed E-state index contributed by atoms with van der Waals surface area (Å²) in [7, 11) is 0. The van der Waals surface area contributed by atoms with Crippen molar-refractivity contribution in [3.05, 3.63) is 0 Å². The van der Waals surface area contributed by atoms with E-state index in [1.54, 1.807) is 5.84 Å². The van der Waals surface area contributed by atoms with Gasteiger partial charge in [0.2, 0.25) is 5.84 Å².